The van der Waals surface area contributed by atoms with E-state index in [1.165, 1.54) is 0 Å². The molecular formula is C11H12N4. The van der Waals surface area contributed by atoms with E-state index in [2.05, 4.69) is 27.1 Å². The maximum atomic E-state index is 4.25. The van der Waals surface area contributed by atoms with Crippen molar-refractivity contribution in [2.75, 3.05) is 0 Å². The molecule has 0 amide bonds. The van der Waals surface area contributed by atoms with Gasteiger partial charge < -0.3 is 0 Å². The summed E-state index contributed by atoms with van der Waals surface area (Å²) in [5.74, 6) is 0.306. The molecule has 0 radical (unpaired) electrons. The predicted octanol–water partition coefficient (Wildman–Crippen LogP) is 2.77. The highest BCUT2D eigenvalue weighted by atomic mass is 15.1. The van der Waals surface area contributed by atoms with Crippen LogP contribution in [0.5, 0.6) is 0 Å². The van der Waals surface area contributed by atoms with Crippen molar-refractivity contribution in [3.8, 4) is 0 Å². The zero-order chi connectivity index (χ0) is 10.5. The lowest BCUT2D eigenvalue weighted by Gasteiger charge is -2.13. The molecule has 0 spiro atoms. The van der Waals surface area contributed by atoms with Crippen molar-refractivity contribution in [2.45, 2.75) is 13.0 Å². The summed E-state index contributed by atoms with van der Waals surface area (Å²) < 4.78 is 0. The summed E-state index contributed by atoms with van der Waals surface area (Å²) in [7, 11) is 0. The summed E-state index contributed by atoms with van der Waals surface area (Å²) in [6.45, 7) is 2.07. The molecule has 2 heterocycles. The van der Waals surface area contributed by atoms with Crippen molar-refractivity contribution >= 4 is 11.9 Å². The zero-order valence-electron chi connectivity index (χ0n) is 8.49. The number of nitrogens with zero attached hydrogens (tertiary/aromatic N) is 4. The molecule has 1 aromatic rings. The maximum Gasteiger partial charge on any atom is 0.0985 e. The molecule has 0 fully saturated rings. The molecule has 1 aliphatic rings. The highest BCUT2D eigenvalue weighted by Gasteiger charge is 2.13. The predicted molar refractivity (Wildman–Crippen MR) is 59.3 cm³/mol. The average Bonchev–Trinajstić information content (AvgIpc) is 2.29. The monoisotopic (exact) mass is 200 g/mol. The summed E-state index contributed by atoms with van der Waals surface area (Å²) in [4.78, 5) is 7.96. The Morgan fingerprint density at radius 1 is 1.27 bits per heavy atom. The second-order valence-corrected chi connectivity index (χ2v) is 3.41. The van der Waals surface area contributed by atoms with Gasteiger partial charge in [0.25, 0.3) is 0 Å². The fraction of sp³-hybridized carbons (Fsp3) is 0.273. The Hall–Kier alpha value is -1.84. The summed E-state index contributed by atoms with van der Waals surface area (Å²) in [6.07, 6.45) is 9.01. The number of pyridine rings is 1. The fourth-order valence-electron chi connectivity index (χ4n) is 1.27. The first kappa shape index (κ1) is 9.71. The van der Waals surface area contributed by atoms with Crippen molar-refractivity contribution in [3.05, 3.63) is 36.8 Å². The molecule has 2 rings (SSSR count). The Morgan fingerprint density at radius 3 is 2.80 bits per heavy atom. The topological polar surface area (TPSA) is 50.0 Å². The van der Waals surface area contributed by atoms with Crippen LogP contribution in [-0.2, 0) is 0 Å². The third-order valence-corrected chi connectivity index (χ3v) is 2.20. The van der Waals surface area contributed by atoms with E-state index in [1.807, 2.05) is 24.4 Å². The van der Waals surface area contributed by atoms with Crippen LogP contribution < -0.4 is 0 Å². The minimum atomic E-state index is 0.0932. The van der Waals surface area contributed by atoms with Crippen LogP contribution in [-0.4, -0.2) is 17.2 Å². The second-order valence-electron chi connectivity index (χ2n) is 3.41. The van der Waals surface area contributed by atoms with Crippen molar-refractivity contribution in [2.24, 2.45) is 21.1 Å². The molecule has 0 bridgehead atoms. The van der Waals surface area contributed by atoms with E-state index in [4.69, 9.17) is 0 Å². The summed E-state index contributed by atoms with van der Waals surface area (Å²) >= 11 is 0. The molecule has 1 aromatic heterocycles. The molecule has 2 unspecified atom stereocenters. The number of aliphatic imine (C=N–C) groups is 1. The Bertz CT molecular complexity index is 394. The van der Waals surface area contributed by atoms with E-state index in [0.717, 1.165) is 5.69 Å². The van der Waals surface area contributed by atoms with Gasteiger partial charge in [-0.1, -0.05) is 6.92 Å². The van der Waals surface area contributed by atoms with E-state index >= 15 is 0 Å². The molecule has 1 aliphatic heterocycles. The van der Waals surface area contributed by atoms with Gasteiger partial charge in [-0.2, -0.15) is 10.2 Å². The molecule has 0 aromatic carbocycles. The fourth-order valence-corrected chi connectivity index (χ4v) is 1.27. The van der Waals surface area contributed by atoms with Gasteiger partial charge in [0.1, 0.15) is 0 Å². The van der Waals surface area contributed by atoms with E-state index in [0.29, 0.717) is 5.92 Å². The normalized spacial score (nSPS) is 24.9. The van der Waals surface area contributed by atoms with E-state index in [1.54, 1.807) is 18.6 Å². The molecule has 76 valence electrons. The Kier molecular flexibility index (Phi) is 2.97. The van der Waals surface area contributed by atoms with Crippen LogP contribution in [0.4, 0.5) is 5.69 Å². The van der Waals surface area contributed by atoms with Crippen LogP contribution >= 0.6 is 0 Å². The number of azo groups is 1. The van der Waals surface area contributed by atoms with Crippen LogP contribution in [0.25, 0.3) is 0 Å². The number of aromatic nitrogens is 1. The molecular weight excluding hydrogens is 188 g/mol. The standard InChI is InChI=1S/C11H12N4/c1-9-8-13-7-4-11(9)15-14-10-2-5-12-6-3-10/h2-9,11H,1H3/b15-14+. The van der Waals surface area contributed by atoms with E-state index in [-0.39, 0.29) is 6.04 Å². The molecule has 0 N–H and O–H groups in total. The number of hydrogen-bond acceptors (Lipinski definition) is 4. The minimum Gasteiger partial charge on any atom is -0.269 e. The molecule has 0 aliphatic carbocycles. The number of hydrogen-bond donors (Lipinski definition) is 0. The lowest BCUT2D eigenvalue weighted by Crippen LogP contribution is -2.15. The quantitative estimate of drug-likeness (QED) is 0.677. The van der Waals surface area contributed by atoms with Gasteiger partial charge in [-0.3, -0.25) is 9.98 Å². The molecule has 4 heteroatoms. The summed E-state index contributed by atoms with van der Waals surface area (Å²) in [5, 5.41) is 8.41. The third kappa shape index (κ3) is 2.56. The van der Waals surface area contributed by atoms with Gasteiger partial charge in [0.05, 0.1) is 11.7 Å². The minimum absolute atomic E-state index is 0.0932. The van der Waals surface area contributed by atoms with Crippen LogP contribution in [0, 0.1) is 5.92 Å². The Balaban J connectivity index is 2.06. The van der Waals surface area contributed by atoms with Crippen LogP contribution in [0.15, 0.2) is 52.0 Å². The van der Waals surface area contributed by atoms with Gasteiger partial charge in [0, 0.05) is 30.7 Å². The third-order valence-electron chi connectivity index (χ3n) is 2.20. The summed E-state index contributed by atoms with van der Waals surface area (Å²) in [5.41, 5.74) is 0.827. The van der Waals surface area contributed by atoms with Crippen LogP contribution in [0.3, 0.4) is 0 Å². The molecule has 15 heavy (non-hydrogen) atoms. The SMILES string of the molecule is CC1C=NC=CC1/N=N/c1ccncc1. The number of rotatable bonds is 2. The smallest absolute Gasteiger partial charge is 0.0985 e. The lowest BCUT2D eigenvalue weighted by molar-refractivity contribution is 0.642. The molecule has 2 atom stereocenters. The van der Waals surface area contributed by atoms with Gasteiger partial charge in [-0.15, -0.1) is 0 Å². The molecule has 4 nitrogen and oxygen atoms in total. The second kappa shape index (κ2) is 4.59. The molecule has 0 saturated heterocycles. The average molecular weight is 200 g/mol. The highest BCUT2D eigenvalue weighted by Crippen LogP contribution is 2.15. The van der Waals surface area contributed by atoms with Gasteiger partial charge >= 0.3 is 0 Å². The Labute approximate surface area is 88.5 Å². The van der Waals surface area contributed by atoms with Crippen molar-refractivity contribution in [1.82, 2.24) is 4.98 Å². The van der Waals surface area contributed by atoms with Crippen molar-refractivity contribution in [1.29, 1.82) is 0 Å². The molecule has 0 saturated carbocycles. The first-order valence-corrected chi connectivity index (χ1v) is 4.87. The van der Waals surface area contributed by atoms with Crippen LogP contribution in [0.1, 0.15) is 6.92 Å². The zero-order valence-corrected chi connectivity index (χ0v) is 8.49. The first-order chi connectivity index (χ1) is 7.36. The summed E-state index contributed by atoms with van der Waals surface area (Å²) in [6, 6.07) is 3.75. The van der Waals surface area contributed by atoms with E-state index in [9.17, 15) is 0 Å². The van der Waals surface area contributed by atoms with Crippen molar-refractivity contribution < 1.29 is 0 Å². The maximum absolute atomic E-state index is 4.25. The highest BCUT2D eigenvalue weighted by molar-refractivity contribution is 5.64. The largest absolute Gasteiger partial charge is 0.269 e. The van der Waals surface area contributed by atoms with Gasteiger partial charge in [0.2, 0.25) is 0 Å². The first-order valence-electron chi connectivity index (χ1n) is 4.87. The lowest BCUT2D eigenvalue weighted by atomic mass is 10.0. The van der Waals surface area contributed by atoms with Crippen molar-refractivity contribution in [3.63, 3.8) is 0 Å². The van der Waals surface area contributed by atoms with Gasteiger partial charge in [-0.05, 0) is 18.2 Å². The van der Waals surface area contributed by atoms with Crippen LogP contribution in [0.2, 0.25) is 0 Å². The van der Waals surface area contributed by atoms with Gasteiger partial charge in [0.15, 0.2) is 0 Å². The Morgan fingerprint density at radius 2 is 2.07 bits per heavy atom. The van der Waals surface area contributed by atoms with E-state index < -0.39 is 0 Å². The van der Waals surface area contributed by atoms with Gasteiger partial charge in [-0.25, -0.2) is 0 Å².